The highest BCUT2D eigenvalue weighted by Crippen LogP contribution is 2.33. The quantitative estimate of drug-likeness (QED) is 0.911. The molecule has 2 atom stereocenters. The van der Waals surface area contributed by atoms with Crippen LogP contribution in [0.1, 0.15) is 37.4 Å². The summed E-state index contributed by atoms with van der Waals surface area (Å²) in [6.07, 6.45) is 0.636. The molecule has 1 aliphatic rings. The standard InChI is InChI=1S/C15H21NO3/c1-3-19-15(18)16-9-8-12-6-4-5-7-13(12)14(16)10-11(2)17/h4-7,11,14,17H,3,8-10H2,1-2H3/t11-,14-/m0/s1. The first kappa shape index (κ1) is 13.9. The van der Waals surface area contributed by atoms with Crippen LogP contribution in [0.15, 0.2) is 24.3 Å². The molecule has 0 aromatic heterocycles. The van der Waals surface area contributed by atoms with Gasteiger partial charge in [0.2, 0.25) is 0 Å². The van der Waals surface area contributed by atoms with Crippen LogP contribution in [0.25, 0.3) is 0 Å². The van der Waals surface area contributed by atoms with E-state index in [9.17, 15) is 9.90 Å². The number of aliphatic hydroxyl groups excluding tert-OH is 1. The normalized spacial score (nSPS) is 19.7. The van der Waals surface area contributed by atoms with Crippen molar-refractivity contribution in [2.45, 2.75) is 38.8 Å². The molecule has 4 nitrogen and oxygen atoms in total. The van der Waals surface area contributed by atoms with E-state index in [-0.39, 0.29) is 12.1 Å². The van der Waals surface area contributed by atoms with Crippen LogP contribution in [-0.4, -0.2) is 35.4 Å². The maximum absolute atomic E-state index is 12.0. The van der Waals surface area contributed by atoms with Crippen molar-refractivity contribution >= 4 is 6.09 Å². The zero-order valence-electron chi connectivity index (χ0n) is 11.5. The third-order valence-corrected chi connectivity index (χ3v) is 3.48. The Morgan fingerprint density at radius 3 is 2.95 bits per heavy atom. The molecule has 1 heterocycles. The first-order chi connectivity index (χ1) is 9.13. The number of amides is 1. The average molecular weight is 263 g/mol. The van der Waals surface area contributed by atoms with Crippen LogP contribution in [0.5, 0.6) is 0 Å². The second kappa shape index (κ2) is 6.06. The summed E-state index contributed by atoms with van der Waals surface area (Å²) in [5, 5.41) is 9.68. The summed E-state index contributed by atoms with van der Waals surface area (Å²) in [5.41, 5.74) is 2.39. The highest BCUT2D eigenvalue weighted by molar-refractivity contribution is 5.69. The second-order valence-corrected chi connectivity index (χ2v) is 4.94. The molecule has 1 N–H and O–H groups in total. The average Bonchev–Trinajstić information content (AvgIpc) is 2.38. The monoisotopic (exact) mass is 263 g/mol. The summed E-state index contributed by atoms with van der Waals surface area (Å²) in [7, 11) is 0. The molecule has 1 amide bonds. The molecule has 0 aliphatic carbocycles. The predicted molar refractivity (Wildman–Crippen MR) is 72.9 cm³/mol. The lowest BCUT2D eigenvalue weighted by molar-refractivity contribution is 0.0685. The summed E-state index contributed by atoms with van der Waals surface area (Å²) in [6, 6.07) is 8.02. The van der Waals surface area contributed by atoms with E-state index in [2.05, 4.69) is 6.07 Å². The van der Waals surface area contributed by atoms with E-state index in [1.54, 1.807) is 18.7 Å². The van der Waals surface area contributed by atoms with E-state index in [1.807, 2.05) is 18.2 Å². The molecule has 1 aromatic rings. The number of rotatable bonds is 3. The van der Waals surface area contributed by atoms with Crippen molar-refractivity contribution in [3.05, 3.63) is 35.4 Å². The number of nitrogens with zero attached hydrogens (tertiary/aromatic N) is 1. The molecule has 1 aromatic carbocycles. The van der Waals surface area contributed by atoms with Gasteiger partial charge in [-0.3, -0.25) is 0 Å². The van der Waals surface area contributed by atoms with Crippen LogP contribution in [0.3, 0.4) is 0 Å². The molecular formula is C15H21NO3. The van der Waals surface area contributed by atoms with Crippen molar-refractivity contribution < 1.29 is 14.6 Å². The molecule has 19 heavy (non-hydrogen) atoms. The molecule has 4 heteroatoms. The van der Waals surface area contributed by atoms with Gasteiger partial charge < -0.3 is 14.7 Å². The highest BCUT2D eigenvalue weighted by atomic mass is 16.6. The number of fused-ring (bicyclic) bond motifs is 1. The topological polar surface area (TPSA) is 49.8 Å². The zero-order valence-corrected chi connectivity index (χ0v) is 11.5. The fourth-order valence-corrected chi connectivity index (χ4v) is 2.65. The van der Waals surface area contributed by atoms with Gasteiger partial charge in [-0.2, -0.15) is 0 Å². The maximum Gasteiger partial charge on any atom is 0.410 e. The molecule has 2 rings (SSSR count). The van der Waals surface area contributed by atoms with Crippen molar-refractivity contribution in [2.75, 3.05) is 13.2 Å². The lowest BCUT2D eigenvalue weighted by Gasteiger charge is -2.37. The second-order valence-electron chi connectivity index (χ2n) is 4.94. The van der Waals surface area contributed by atoms with Gasteiger partial charge in [-0.1, -0.05) is 24.3 Å². The van der Waals surface area contributed by atoms with E-state index >= 15 is 0 Å². The lowest BCUT2D eigenvalue weighted by atomic mass is 9.90. The summed E-state index contributed by atoms with van der Waals surface area (Å²) in [4.78, 5) is 13.8. The molecule has 0 spiro atoms. The number of carbonyl (C=O) groups excluding carboxylic acids is 1. The van der Waals surface area contributed by atoms with Gasteiger partial charge in [-0.15, -0.1) is 0 Å². The third-order valence-electron chi connectivity index (χ3n) is 3.48. The van der Waals surface area contributed by atoms with Crippen LogP contribution in [0, 0.1) is 0 Å². The molecule has 0 bridgehead atoms. The molecule has 1 aliphatic heterocycles. The molecular weight excluding hydrogens is 242 g/mol. The molecule has 0 unspecified atom stereocenters. The minimum Gasteiger partial charge on any atom is -0.450 e. The molecule has 0 saturated heterocycles. The van der Waals surface area contributed by atoms with Crippen molar-refractivity contribution in [2.24, 2.45) is 0 Å². The number of aliphatic hydroxyl groups is 1. The van der Waals surface area contributed by atoms with E-state index < -0.39 is 6.10 Å². The molecule has 0 saturated carbocycles. The smallest absolute Gasteiger partial charge is 0.410 e. The summed E-state index contributed by atoms with van der Waals surface area (Å²) in [5.74, 6) is 0. The van der Waals surface area contributed by atoms with E-state index in [1.165, 1.54) is 5.56 Å². The Balaban J connectivity index is 2.28. The SMILES string of the molecule is CCOC(=O)N1CCc2ccccc2[C@@H]1C[C@H](C)O. The van der Waals surface area contributed by atoms with Gasteiger partial charge in [0.25, 0.3) is 0 Å². The first-order valence-electron chi connectivity index (χ1n) is 6.82. The van der Waals surface area contributed by atoms with Gasteiger partial charge in [0.05, 0.1) is 18.8 Å². The predicted octanol–water partition coefficient (Wildman–Crippen LogP) is 2.51. The number of ether oxygens (including phenoxy) is 1. The number of carbonyl (C=O) groups is 1. The summed E-state index contributed by atoms with van der Waals surface area (Å²) >= 11 is 0. The van der Waals surface area contributed by atoms with Crippen LogP contribution >= 0.6 is 0 Å². The van der Waals surface area contributed by atoms with Crippen molar-refractivity contribution in [1.29, 1.82) is 0 Å². The largest absolute Gasteiger partial charge is 0.450 e. The Hall–Kier alpha value is -1.55. The molecule has 0 radical (unpaired) electrons. The summed E-state index contributed by atoms with van der Waals surface area (Å²) < 4.78 is 5.11. The van der Waals surface area contributed by atoms with Crippen molar-refractivity contribution in [3.63, 3.8) is 0 Å². The Bertz CT molecular complexity index is 445. The van der Waals surface area contributed by atoms with Gasteiger partial charge in [0.1, 0.15) is 0 Å². The fraction of sp³-hybridized carbons (Fsp3) is 0.533. The van der Waals surface area contributed by atoms with Gasteiger partial charge >= 0.3 is 6.09 Å². The van der Waals surface area contributed by atoms with Crippen molar-refractivity contribution in [1.82, 2.24) is 4.90 Å². The minimum atomic E-state index is -0.451. The van der Waals surface area contributed by atoms with E-state index in [0.717, 1.165) is 12.0 Å². The Kier molecular flexibility index (Phi) is 4.43. The Morgan fingerprint density at radius 1 is 1.53 bits per heavy atom. The number of benzene rings is 1. The number of hydrogen-bond donors (Lipinski definition) is 1. The highest BCUT2D eigenvalue weighted by Gasteiger charge is 2.32. The van der Waals surface area contributed by atoms with Crippen LogP contribution in [0.4, 0.5) is 4.79 Å². The third kappa shape index (κ3) is 3.07. The van der Waals surface area contributed by atoms with Crippen LogP contribution in [0.2, 0.25) is 0 Å². The number of hydrogen-bond acceptors (Lipinski definition) is 3. The lowest BCUT2D eigenvalue weighted by Crippen LogP contribution is -2.41. The van der Waals surface area contributed by atoms with Gasteiger partial charge in [-0.05, 0) is 37.8 Å². The zero-order chi connectivity index (χ0) is 13.8. The first-order valence-corrected chi connectivity index (χ1v) is 6.82. The van der Waals surface area contributed by atoms with Gasteiger partial charge in [0.15, 0.2) is 0 Å². The van der Waals surface area contributed by atoms with Crippen LogP contribution in [-0.2, 0) is 11.2 Å². The maximum atomic E-state index is 12.0. The Morgan fingerprint density at radius 2 is 2.26 bits per heavy atom. The van der Waals surface area contributed by atoms with Gasteiger partial charge in [-0.25, -0.2) is 4.79 Å². The van der Waals surface area contributed by atoms with Crippen molar-refractivity contribution in [3.8, 4) is 0 Å². The van der Waals surface area contributed by atoms with E-state index in [0.29, 0.717) is 19.6 Å². The Labute approximate surface area is 114 Å². The molecule has 104 valence electrons. The van der Waals surface area contributed by atoms with E-state index in [4.69, 9.17) is 4.74 Å². The minimum absolute atomic E-state index is 0.0935. The molecule has 0 fully saturated rings. The van der Waals surface area contributed by atoms with Crippen LogP contribution < -0.4 is 0 Å². The van der Waals surface area contributed by atoms with Gasteiger partial charge in [0, 0.05) is 6.54 Å². The summed E-state index contributed by atoms with van der Waals surface area (Å²) in [6.45, 7) is 4.58. The fourth-order valence-electron chi connectivity index (χ4n) is 2.65.